The zero-order valence-corrected chi connectivity index (χ0v) is 13.4. The van der Waals surface area contributed by atoms with Crippen LogP contribution in [0.2, 0.25) is 0 Å². The van der Waals surface area contributed by atoms with E-state index in [4.69, 9.17) is 14.2 Å². The monoisotopic (exact) mass is 310 g/mol. The average Bonchev–Trinajstić information content (AvgIpc) is 2.90. The van der Waals surface area contributed by atoms with Gasteiger partial charge in [0.15, 0.2) is 17.3 Å². The molecule has 0 aliphatic heterocycles. The Bertz CT molecular complexity index is 790. The van der Waals surface area contributed by atoms with Gasteiger partial charge in [-0.2, -0.15) is 0 Å². The highest BCUT2D eigenvalue weighted by Crippen LogP contribution is 2.41. The van der Waals surface area contributed by atoms with E-state index >= 15 is 0 Å². The maximum absolute atomic E-state index is 12.5. The van der Waals surface area contributed by atoms with Gasteiger partial charge in [-0.05, 0) is 23.8 Å². The zero-order chi connectivity index (χ0) is 16.4. The van der Waals surface area contributed by atoms with E-state index in [1.54, 1.807) is 27.4 Å². The van der Waals surface area contributed by atoms with Gasteiger partial charge in [-0.3, -0.25) is 4.79 Å². The molecule has 1 aliphatic rings. The molecule has 23 heavy (non-hydrogen) atoms. The predicted molar refractivity (Wildman–Crippen MR) is 88.6 cm³/mol. The van der Waals surface area contributed by atoms with Crippen molar-refractivity contribution in [2.45, 2.75) is 6.42 Å². The number of methoxy groups -OCH3 is 3. The number of allylic oxidation sites excluding steroid dienone is 1. The van der Waals surface area contributed by atoms with Crippen molar-refractivity contribution in [3.63, 3.8) is 0 Å². The van der Waals surface area contributed by atoms with Gasteiger partial charge in [-0.25, -0.2) is 0 Å². The molecule has 2 aromatic carbocycles. The third kappa shape index (κ3) is 2.57. The summed E-state index contributed by atoms with van der Waals surface area (Å²) in [5.41, 5.74) is 3.37. The molecule has 2 aromatic rings. The molecule has 0 saturated heterocycles. The Balaban J connectivity index is 2.06. The molecule has 0 fully saturated rings. The number of fused-ring (bicyclic) bond motifs is 1. The minimum absolute atomic E-state index is 0.0671. The van der Waals surface area contributed by atoms with Gasteiger partial charge in [0, 0.05) is 23.1 Å². The molecule has 118 valence electrons. The van der Waals surface area contributed by atoms with E-state index in [0.29, 0.717) is 23.7 Å². The van der Waals surface area contributed by atoms with Gasteiger partial charge >= 0.3 is 0 Å². The van der Waals surface area contributed by atoms with Crippen LogP contribution in [0.15, 0.2) is 42.0 Å². The minimum Gasteiger partial charge on any atom is -0.493 e. The van der Waals surface area contributed by atoms with Gasteiger partial charge in [-0.15, -0.1) is 0 Å². The number of ether oxygens (including phenoxy) is 3. The Morgan fingerprint density at radius 3 is 2.30 bits per heavy atom. The highest BCUT2D eigenvalue weighted by molar-refractivity contribution is 6.15. The number of Topliss-reactive ketones (excluding diaryl/α,β-unsaturated/α-hetero) is 1. The quantitative estimate of drug-likeness (QED) is 0.810. The third-order valence-corrected chi connectivity index (χ3v) is 4.00. The first-order valence-electron chi connectivity index (χ1n) is 7.31. The van der Waals surface area contributed by atoms with Crippen molar-refractivity contribution in [1.29, 1.82) is 0 Å². The smallest absolute Gasteiger partial charge is 0.203 e. The molecular weight excluding hydrogens is 292 g/mol. The largest absolute Gasteiger partial charge is 0.493 e. The lowest BCUT2D eigenvalue weighted by atomic mass is 10.1. The summed E-state index contributed by atoms with van der Waals surface area (Å²) in [6, 6.07) is 11.4. The molecule has 0 unspecified atom stereocenters. The summed E-state index contributed by atoms with van der Waals surface area (Å²) in [4.78, 5) is 12.5. The van der Waals surface area contributed by atoms with Crippen LogP contribution >= 0.6 is 0 Å². The normalized spacial score (nSPS) is 14.7. The summed E-state index contributed by atoms with van der Waals surface area (Å²) in [7, 11) is 4.71. The summed E-state index contributed by atoms with van der Waals surface area (Å²) < 4.78 is 16.1. The molecule has 3 rings (SSSR count). The van der Waals surface area contributed by atoms with E-state index in [9.17, 15) is 4.79 Å². The van der Waals surface area contributed by atoms with Crippen LogP contribution in [0.4, 0.5) is 0 Å². The molecule has 4 heteroatoms. The van der Waals surface area contributed by atoms with Crippen LogP contribution in [-0.4, -0.2) is 27.1 Å². The van der Waals surface area contributed by atoms with Crippen LogP contribution in [0.5, 0.6) is 17.2 Å². The SMILES string of the molecule is COc1ccc(/C=C2\Cc3ccccc3C2=O)c(OC)c1OC. The Morgan fingerprint density at radius 1 is 0.913 bits per heavy atom. The molecule has 0 aromatic heterocycles. The van der Waals surface area contributed by atoms with Crippen LogP contribution in [0.3, 0.4) is 0 Å². The van der Waals surface area contributed by atoms with E-state index in [1.165, 1.54) is 0 Å². The van der Waals surface area contributed by atoms with Crippen molar-refractivity contribution in [2.24, 2.45) is 0 Å². The molecule has 0 N–H and O–H groups in total. The Labute approximate surface area is 135 Å². The maximum Gasteiger partial charge on any atom is 0.203 e. The number of hydrogen-bond acceptors (Lipinski definition) is 4. The fourth-order valence-electron chi connectivity index (χ4n) is 2.90. The summed E-state index contributed by atoms with van der Waals surface area (Å²) in [6.07, 6.45) is 2.50. The minimum atomic E-state index is 0.0671. The van der Waals surface area contributed by atoms with E-state index in [-0.39, 0.29) is 5.78 Å². The topological polar surface area (TPSA) is 44.8 Å². The zero-order valence-electron chi connectivity index (χ0n) is 13.4. The van der Waals surface area contributed by atoms with Crippen molar-refractivity contribution in [2.75, 3.05) is 21.3 Å². The average molecular weight is 310 g/mol. The first-order valence-corrected chi connectivity index (χ1v) is 7.31. The fourth-order valence-corrected chi connectivity index (χ4v) is 2.90. The number of carbonyl (C=O) groups is 1. The van der Waals surface area contributed by atoms with Gasteiger partial charge in [0.25, 0.3) is 0 Å². The molecule has 0 radical (unpaired) electrons. The van der Waals surface area contributed by atoms with Crippen molar-refractivity contribution in [3.8, 4) is 17.2 Å². The predicted octanol–water partition coefficient (Wildman–Crippen LogP) is 3.53. The van der Waals surface area contributed by atoms with E-state index in [0.717, 1.165) is 22.3 Å². The second kappa shape index (κ2) is 6.16. The van der Waals surface area contributed by atoms with E-state index in [1.807, 2.05) is 36.4 Å². The first-order chi connectivity index (χ1) is 11.2. The van der Waals surface area contributed by atoms with E-state index < -0.39 is 0 Å². The Morgan fingerprint density at radius 2 is 1.65 bits per heavy atom. The fraction of sp³-hybridized carbons (Fsp3) is 0.211. The molecule has 0 atom stereocenters. The van der Waals surface area contributed by atoms with Gasteiger partial charge in [0.2, 0.25) is 5.75 Å². The summed E-state index contributed by atoms with van der Waals surface area (Å²) >= 11 is 0. The molecule has 0 heterocycles. The number of rotatable bonds is 4. The van der Waals surface area contributed by atoms with Crippen molar-refractivity contribution in [1.82, 2.24) is 0 Å². The van der Waals surface area contributed by atoms with Crippen LogP contribution in [-0.2, 0) is 6.42 Å². The summed E-state index contributed by atoms with van der Waals surface area (Å²) in [5, 5.41) is 0. The number of benzene rings is 2. The molecular formula is C19H18O4. The van der Waals surface area contributed by atoms with Crippen LogP contribution in [0.25, 0.3) is 6.08 Å². The number of ketones is 1. The van der Waals surface area contributed by atoms with Gasteiger partial charge in [-0.1, -0.05) is 24.3 Å². The first kappa shape index (κ1) is 15.2. The lowest BCUT2D eigenvalue weighted by molar-refractivity contribution is 0.104. The van der Waals surface area contributed by atoms with Crippen LogP contribution < -0.4 is 14.2 Å². The second-order valence-corrected chi connectivity index (χ2v) is 5.26. The Kier molecular flexibility index (Phi) is 4.06. The molecule has 0 saturated carbocycles. The third-order valence-electron chi connectivity index (χ3n) is 4.00. The van der Waals surface area contributed by atoms with Crippen LogP contribution in [0, 0.1) is 0 Å². The standard InChI is InChI=1S/C19H18O4/c1-21-16-9-8-13(18(22-2)19(16)23-3)11-14-10-12-6-4-5-7-15(12)17(14)20/h4-9,11H,10H2,1-3H3/b14-11+. The highest BCUT2D eigenvalue weighted by atomic mass is 16.5. The molecule has 0 spiro atoms. The summed E-state index contributed by atoms with van der Waals surface area (Å²) in [5.74, 6) is 1.74. The van der Waals surface area contributed by atoms with Crippen molar-refractivity contribution >= 4 is 11.9 Å². The second-order valence-electron chi connectivity index (χ2n) is 5.26. The Hall–Kier alpha value is -2.75. The molecule has 4 nitrogen and oxygen atoms in total. The molecule has 0 amide bonds. The maximum atomic E-state index is 12.5. The van der Waals surface area contributed by atoms with Gasteiger partial charge in [0.1, 0.15) is 0 Å². The van der Waals surface area contributed by atoms with E-state index in [2.05, 4.69) is 0 Å². The van der Waals surface area contributed by atoms with Gasteiger partial charge < -0.3 is 14.2 Å². The van der Waals surface area contributed by atoms with Crippen molar-refractivity contribution in [3.05, 3.63) is 58.7 Å². The summed E-state index contributed by atoms with van der Waals surface area (Å²) in [6.45, 7) is 0. The highest BCUT2D eigenvalue weighted by Gasteiger charge is 2.25. The molecule has 0 bridgehead atoms. The van der Waals surface area contributed by atoms with Crippen LogP contribution in [0.1, 0.15) is 21.5 Å². The lowest BCUT2D eigenvalue weighted by Crippen LogP contribution is -1.99. The molecule has 1 aliphatic carbocycles. The number of carbonyl (C=O) groups excluding carboxylic acids is 1. The number of hydrogen-bond donors (Lipinski definition) is 0. The van der Waals surface area contributed by atoms with Gasteiger partial charge in [0.05, 0.1) is 21.3 Å². The lowest BCUT2D eigenvalue weighted by Gasteiger charge is -2.14. The van der Waals surface area contributed by atoms with Crippen molar-refractivity contribution < 1.29 is 19.0 Å².